The molecule has 0 bridgehead atoms. The summed E-state index contributed by atoms with van der Waals surface area (Å²) in [6.07, 6.45) is 0. The van der Waals surface area contributed by atoms with Crippen LogP contribution in [0, 0.1) is 10.1 Å². The molecule has 3 aromatic rings. The third-order valence-electron chi connectivity index (χ3n) is 3.83. The van der Waals surface area contributed by atoms with Gasteiger partial charge in [-0.05, 0) is 18.2 Å². The second-order valence-electron chi connectivity index (χ2n) is 5.63. The van der Waals surface area contributed by atoms with Crippen molar-refractivity contribution in [2.75, 3.05) is 12.9 Å². The Labute approximate surface area is 163 Å². The van der Waals surface area contributed by atoms with Gasteiger partial charge in [0.25, 0.3) is 5.69 Å². The largest absolute Gasteiger partial charge is 0.497 e. The van der Waals surface area contributed by atoms with Crippen LogP contribution in [0.4, 0.5) is 5.69 Å². The molecule has 0 amide bonds. The highest BCUT2D eigenvalue weighted by Crippen LogP contribution is 2.29. The number of methoxy groups -OCH3 is 1. The molecule has 0 spiro atoms. The number of fused-ring (bicyclic) bond motifs is 1. The normalized spacial score (nSPS) is 10.6. The van der Waals surface area contributed by atoms with E-state index in [1.807, 2.05) is 0 Å². The van der Waals surface area contributed by atoms with Gasteiger partial charge in [0, 0.05) is 29.1 Å². The lowest BCUT2D eigenvalue weighted by Gasteiger charge is -2.08. The standard InChI is InChI=1S/C19H15NO7S/c1-25-13-6-7-14-12(8-18(21)27-16(14)9-13)10-26-19(22)11-28-17-5-3-2-4-15(17)20(23)24/h2-9H,10-11H2,1H3. The molecule has 0 saturated carbocycles. The Hall–Kier alpha value is -3.33. The molecule has 0 saturated heterocycles. The highest BCUT2D eigenvalue weighted by Gasteiger charge is 2.15. The van der Waals surface area contributed by atoms with E-state index in [2.05, 4.69) is 0 Å². The number of carbonyl (C=O) groups excluding carboxylic acids is 1. The van der Waals surface area contributed by atoms with E-state index in [1.54, 1.807) is 36.4 Å². The quantitative estimate of drug-likeness (QED) is 0.194. The van der Waals surface area contributed by atoms with Crippen molar-refractivity contribution in [2.24, 2.45) is 0 Å². The second kappa shape index (κ2) is 8.57. The molecular formula is C19H15NO7S. The molecule has 3 rings (SSSR count). The Balaban J connectivity index is 1.68. The van der Waals surface area contributed by atoms with Crippen molar-refractivity contribution in [3.05, 3.63) is 74.6 Å². The van der Waals surface area contributed by atoms with Gasteiger partial charge >= 0.3 is 11.6 Å². The summed E-state index contributed by atoms with van der Waals surface area (Å²) in [4.78, 5) is 34.7. The van der Waals surface area contributed by atoms with E-state index in [1.165, 1.54) is 19.2 Å². The Bertz CT molecular complexity index is 1090. The lowest BCUT2D eigenvalue weighted by molar-refractivity contribution is -0.387. The van der Waals surface area contributed by atoms with E-state index in [-0.39, 0.29) is 18.0 Å². The number of nitro benzene ring substituents is 1. The average Bonchev–Trinajstić information content (AvgIpc) is 2.69. The number of esters is 1. The molecule has 9 heteroatoms. The van der Waals surface area contributed by atoms with Crippen LogP contribution in [0.5, 0.6) is 5.75 Å². The van der Waals surface area contributed by atoms with Crippen molar-refractivity contribution in [1.82, 2.24) is 0 Å². The number of hydrogen-bond acceptors (Lipinski definition) is 8. The van der Waals surface area contributed by atoms with Crippen LogP contribution >= 0.6 is 11.8 Å². The van der Waals surface area contributed by atoms with Gasteiger partial charge in [-0.3, -0.25) is 14.9 Å². The molecule has 0 aliphatic carbocycles. The summed E-state index contributed by atoms with van der Waals surface area (Å²) in [7, 11) is 1.50. The Morgan fingerprint density at radius 2 is 2.00 bits per heavy atom. The summed E-state index contributed by atoms with van der Waals surface area (Å²) in [5, 5.41) is 11.6. The fourth-order valence-electron chi connectivity index (χ4n) is 2.52. The van der Waals surface area contributed by atoms with Crippen molar-refractivity contribution >= 4 is 34.4 Å². The van der Waals surface area contributed by atoms with Gasteiger partial charge in [-0.15, -0.1) is 11.8 Å². The maximum Gasteiger partial charge on any atom is 0.336 e. The van der Waals surface area contributed by atoms with Crippen LogP contribution < -0.4 is 10.4 Å². The van der Waals surface area contributed by atoms with E-state index in [0.717, 1.165) is 11.8 Å². The first-order chi connectivity index (χ1) is 13.5. The summed E-state index contributed by atoms with van der Waals surface area (Å²) in [5.41, 5.74) is 0.187. The molecule has 0 aliphatic heterocycles. The second-order valence-corrected chi connectivity index (χ2v) is 6.64. The third kappa shape index (κ3) is 4.49. The summed E-state index contributed by atoms with van der Waals surface area (Å²) < 4.78 is 15.5. The maximum atomic E-state index is 12.1. The molecule has 0 atom stereocenters. The SMILES string of the molecule is COc1ccc2c(COC(=O)CSc3ccccc3[N+](=O)[O-])cc(=O)oc2c1. The Kier molecular flexibility index (Phi) is 5.95. The number of benzene rings is 2. The van der Waals surface area contributed by atoms with Gasteiger partial charge in [-0.25, -0.2) is 4.79 Å². The number of rotatable bonds is 7. The lowest BCUT2D eigenvalue weighted by atomic mass is 10.1. The molecule has 0 N–H and O–H groups in total. The first kappa shape index (κ1) is 19.4. The first-order valence-corrected chi connectivity index (χ1v) is 9.09. The number of carbonyl (C=O) groups is 1. The molecule has 0 unspecified atom stereocenters. The van der Waals surface area contributed by atoms with E-state index >= 15 is 0 Å². The van der Waals surface area contributed by atoms with Gasteiger partial charge in [0.1, 0.15) is 17.9 Å². The van der Waals surface area contributed by atoms with Gasteiger partial charge in [-0.1, -0.05) is 12.1 Å². The number of nitro groups is 1. The molecule has 0 radical (unpaired) electrons. The molecular weight excluding hydrogens is 386 g/mol. The summed E-state index contributed by atoms with van der Waals surface area (Å²) in [6.45, 7) is -0.120. The van der Waals surface area contributed by atoms with Crippen molar-refractivity contribution in [2.45, 2.75) is 11.5 Å². The monoisotopic (exact) mass is 401 g/mol. The molecule has 0 fully saturated rings. The van der Waals surface area contributed by atoms with Crippen LogP contribution in [0.1, 0.15) is 5.56 Å². The topological polar surface area (TPSA) is 109 Å². The van der Waals surface area contributed by atoms with Crippen LogP contribution in [-0.2, 0) is 16.1 Å². The van der Waals surface area contributed by atoms with Crippen molar-refractivity contribution in [1.29, 1.82) is 0 Å². The van der Waals surface area contributed by atoms with Crippen LogP contribution in [0.2, 0.25) is 0 Å². The van der Waals surface area contributed by atoms with Gasteiger partial charge in [-0.2, -0.15) is 0 Å². The van der Waals surface area contributed by atoms with Crippen LogP contribution in [0.25, 0.3) is 11.0 Å². The van der Waals surface area contributed by atoms with E-state index in [9.17, 15) is 19.7 Å². The number of para-hydroxylation sites is 1. The zero-order valence-corrected chi connectivity index (χ0v) is 15.6. The van der Waals surface area contributed by atoms with Crippen LogP contribution in [0.3, 0.4) is 0 Å². The van der Waals surface area contributed by atoms with E-state index in [4.69, 9.17) is 13.9 Å². The van der Waals surface area contributed by atoms with Crippen molar-refractivity contribution in [3.63, 3.8) is 0 Å². The molecule has 1 aromatic heterocycles. The Morgan fingerprint density at radius 3 is 2.75 bits per heavy atom. The molecule has 28 heavy (non-hydrogen) atoms. The minimum absolute atomic E-state index is 0.0686. The molecule has 8 nitrogen and oxygen atoms in total. The average molecular weight is 401 g/mol. The Morgan fingerprint density at radius 1 is 1.21 bits per heavy atom. The zero-order chi connectivity index (χ0) is 20.1. The number of hydrogen-bond donors (Lipinski definition) is 0. The third-order valence-corrected chi connectivity index (χ3v) is 4.87. The number of thioether (sulfide) groups is 1. The van der Waals surface area contributed by atoms with Gasteiger partial charge in [0.15, 0.2) is 0 Å². The lowest BCUT2D eigenvalue weighted by Crippen LogP contribution is -2.09. The molecule has 1 heterocycles. The molecule has 144 valence electrons. The number of ether oxygens (including phenoxy) is 2. The van der Waals surface area contributed by atoms with Crippen LogP contribution in [-0.4, -0.2) is 23.8 Å². The van der Waals surface area contributed by atoms with Gasteiger partial charge in [0.05, 0.1) is 22.7 Å². The summed E-state index contributed by atoms with van der Waals surface area (Å²) >= 11 is 1.02. The zero-order valence-electron chi connectivity index (χ0n) is 14.7. The minimum atomic E-state index is -0.568. The number of nitrogens with zero attached hydrogens (tertiary/aromatic N) is 1. The van der Waals surface area contributed by atoms with Crippen molar-refractivity contribution < 1.29 is 23.6 Å². The first-order valence-electron chi connectivity index (χ1n) is 8.10. The molecule has 2 aromatic carbocycles. The highest BCUT2D eigenvalue weighted by molar-refractivity contribution is 8.00. The predicted octanol–water partition coefficient (Wildman–Crippen LogP) is 3.55. The summed E-state index contributed by atoms with van der Waals surface area (Å²) in [6, 6.07) is 12.4. The van der Waals surface area contributed by atoms with E-state index < -0.39 is 16.5 Å². The molecule has 0 aliphatic rings. The van der Waals surface area contributed by atoms with E-state index in [0.29, 0.717) is 27.2 Å². The van der Waals surface area contributed by atoms with Crippen molar-refractivity contribution in [3.8, 4) is 5.75 Å². The maximum absolute atomic E-state index is 12.1. The van der Waals surface area contributed by atoms with Crippen LogP contribution in [0.15, 0.2) is 62.6 Å². The highest BCUT2D eigenvalue weighted by atomic mass is 32.2. The fraction of sp³-hybridized carbons (Fsp3) is 0.158. The fourth-order valence-corrected chi connectivity index (χ4v) is 3.35. The summed E-state index contributed by atoms with van der Waals surface area (Å²) in [5.74, 6) is -0.124. The predicted molar refractivity (Wildman–Crippen MR) is 103 cm³/mol. The minimum Gasteiger partial charge on any atom is -0.497 e. The van der Waals surface area contributed by atoms with Gasteiger partial charge in [0.2, 0.25) is 0 Å². The smallest absolute Gasteiger partial charge is 0.336 e. The van der Waals surface area contributed by atoms with Gasteiger partial charge < -0.3 is 13.9 Å².